The highest BCUT2D eigenvalue weighted by Gasteiger charge is 2.13. The number of thioether (sulfide) groups is 1. The van der Waals surface area contributed by atoms with Gasteiger partial charge in [0, 0.05) is 21.6 Å². The number of rotatable bonds is 4. The second-order valence-electron chi connectivity index (χ2n) is 6.02. The standard InChI is InChI=1S/C22H19NS/c1-16-8-7-9-17(14-16)15-24-22-19-12-5-6-13-20(19)23-21(22)18-10-3-2-4-11-18/h2-14,23H,15H2,1H3. The lowest BCUT2D eigenvalue weighted by Crippen LogP contribution is -1.84. The lowest BCUT2D eigenvalue weighted by molar-refractivity contribution is 1.34. The smallest absolute Gasteiger partial charge is 0.0603 e. The van der Waals surface area contributed by atoms with Crippen molar-refractivity contribution >= 4 is 22.7 Å². The summed E-state index contributed by atoms with van der Waals surface area (Å²) >= 11 is 1.91. The molecule has 0 aliphatic carbocycles. The van der Waals surface area contributed by atoms with Crippen LogP contribution < -0.4 is 0 Å². The number of aromatic amines is 1. The topological polar surface area (TPSA) is 15.8 Å². The third-order valence-electron chi connectivity index (χ3n) is 4.19. The highest BCUT2D eigenvalue weighted by atomic mass is 32.2. The maximum Gasteiger partial charge on any atom is 0.0603 e. The lowest BCUT2D eigenvalue weighted by atomic mass is 10.1. The van der Waals surface area contributed by atoms with Crippen LogP contribution in [0.4, 0.5) is 0 Å². The molecule has 1 nitrogen and oxygen atoms in total. The first kappa shape index (κ1) is 15.1. The number of nitrogens with one attached hydrogen (secondary N) is 1. The van der Waals surface area contributed by atoms with Gasteiger partial charge in [-0.1, -0.05) is 78.4 Å². The molecule has 2 heteroatoms. The largest absolute Gasteiger partial charge is 0.354 e. The van der Waals surface area contributed by atoms with E-state index in [0.29, 0.717) is 0 Å². The molecule has 24 heavy (non-hydrogen) atoms. The SMILES string of the molecule is Cc1cccc(CSc2c(-c3ccccc3)[nH]c3ccccc23)c1. The van der Waals surface area contributed by atoms with Crippen LogP contribution in [-0.2, 0) is 5.75 Å². The molecule has 0 saturated carbocycles. The van der Waals surface area contributed by atoms with E-state index in [0.717, 1.165) is 5.75 Å². The monoisotopic (exact) mass is 329 g/mol. The van der Waals surface area contributed by atoms with E-state index in [9.17, 15) is 0 Å². The van der Waals surface area contributed by atoms with Crippen LogP contribution in [-0.4, -0.2) is 4.98 Å². The summed E-state index contributed by atoms with van der Waals surface area (Å²) in [7, 11) is 0. The summed E-state index contributed by atoms with van der Waals surface area (Å²) in [5.41, 5.74) is 6.33. The van der Waals surface area contributed by atoms with Gasteiger partial charge >= 0.3 is 0 Å². The van der Waals surface area contributed by atoms with Crippen LogP contribution in [0.1, 0.15) is 11.1 Å². The molecule has 0 spiro atoms. The summed E-state index contributed by atoms with van der Waals surface area (Å²) in [4.78, 5) is 4.94. The molecule has 0 unspecified atom stereocenters. The van der Waals surface area contributed by atoms with E-state index >= 15 is 0 Å². The number of hydrogen-bond donors (Lipinski definition) is 1. The summed E-state index contributed by atoms with van der Waals surface area (Å²) in [5, 5.41) is 1.30. The van der Waals surface area contributed by atoms with Crippen molar-refractivity contribution in [1.82, 2.24) is 4.98 Å². The third-order valence-corrected chi connectivity index (χ3v) is 5.38. The fourth-order valence-corrected chi connectivity index (χ4v) is 4.17. The van der Waals surface area contributed by atoms with Gasteiger partial charge in [-0.25, -0.2) is 0 Å². The van der Waals surface area contributed by atoms with Crippen molar-refractivity contribution in [1.29, 1.82) is 0 Å². The number of aromatic nitrogens is 1. The number of para-hydroxylation sites is 1. The first-order valence-electron chi connectivity index (χ1n) is 8.16. The van der Waals surface area contributed by atoms with E-state index in [2.05, 4.69) is 90.8 Å². The molecular weight excluding hydrogens is 310 g/mol. The van der Waals surface area contributed by atoms with Crippen LogP contribution in [0, 0.1) is 6.92 Å². The molecule has 0 amide bonds. The maximum atomic E-state index is 3.61. The summed E-state index contributed by atoms with van der Waals surface area (Å²) in [6.07, 6.45) is 0. The van der Waals surface area contributed by atoms with Gasteiger partial charge in [0.05, 0.1) is 5.69 Å². The van der Waals surface area contributed by atoms with E-state index in [1.807, 2.05) is 11.8 Å². The summed E-state index contributed by atoms with van der Waals surface area (Å²) in [6, 6.07) is 27.9. The zero-order valence-electron chi connectivity index (χ0n) is 13.6. The van der Waals surface area contributed by atoms with Crippen molar-refractivity contribution in [3.05, 3.63) is 90.0 Å². The Labute approximate surface area is 146 Å². The Balaban J connectivity index is 1.75. The molecule has 0 aliphatic rings. The number of fused-ring (bicyclic) bond motifs is 1. The minimum Gasteiger partial charge on any atom is -0.354 e. The van der Waals surface area contributed by atoms with Crippen molar-refractivity contribution < 1.29 is 0 Å². The summed E-state index contributed by atoms with van der Waals surface area (Å²) < 4.78 is 0. The normalized spacial score (nSPS) is 11.0. The first-order valence-corrected chi connectivity index (χ1v) is 9.14. The van der Waals surface area contributed by atoms with Crippen LogP contribution in [0.25, 0.3) is 22.2 Å². The zero-order chi connectivity index (χ0) is 16.4. The van der Waals surface area contributed by atoms with Gasteiger partial charge in [-0.15, -0.1) is 11.8 Å². The van der Waals surface area contributed by atoms with Gasteiger partial charge in [0.2, 0.25) is 0 Å². The van der Waals surface area contributed by atoms with Crippen LogP contribution in [0.15, 0.2) is 83.8 Å². The highest BCUT2D eigenvalue weighted by Crippen LogP contribution is 2.39. The van der Waals surface area contributed by atoms with Crippen LogP contribution in [0.3, 0.4) is 0 Å². The molecule has 1 heterocycles. The summed E-state index contributed by atoms with van der Waals surface area (Å²) in [6.45, 7) is 2.15. The summed E-state index contributed by atoms with van der Waals surface area (Å²) in [5.74, 6) is 0.976. The molecule has 0 atom stereocenters. The van der Waals surface area contributed by atoms with Crippen molar-refractivity contribution in [2.45, 2.75) is 17.6 Å². The molecule has 0 fully saturated rings. The molecule has 0 bridgehead atoms. The fraction of sp³-hybridized carbons (Fsp3) is 0.0909. The van der Waals surface area contributed by atoms with Crippen molar-refractivity contribution in [2.24, 2.45) is 0 Å². The molecule has 1 aromatic heterocycles. The third kappa shape index (κ3) is 2.98. The van der Waals surface area contributed by atoms with E-state index in [4.69, 9.17) is 0 Å². The number of hydrogen-bond acceptors (Lipinski definition) is 1. The predicted octanol–water partition coefficient (Wildman–Crippen LogP) is 6.44. The molecule has 3 aromatic carbocycles. The van der Waals surface area contributed by atoms with Gasteiger partial charge in [0.15, 0.2) is 0 Å². The quantitative estimate of drug-likeness (QED) is 0.426. The number of aryl methyl sites for hydroxylation is 1. The first-order chi connectivity index (χ1) is 11.8. The Bertz CT molecular complexity index is 970. The minimum absolute atomic E-state index is 0.976. The van der Waals surface area contributed by atoms with Crippen molar-refractivity contribution in [2.75, 3.05) is 0 Å². The fourth-order valence-electron chi connectivity index (χ4n) is 3.03. The predicted molar refractivity (Wildman–Crippen MR) is 104 cm³/mol. The Kier molecular flexibility index (Phi) is 4.14. The molecule has 1 N–H and O–H groups in total. The molecule has 0 saturated heterocycles. The molecule has 0 aliphatic heterocycles. The van der Waals surface area contributed by atoms with Crippen LogP contribution in [0.2, 0.25) is 0 Å². The minimum atomic E-state index is 0.976. The van der Waals surface area contributed by atoms with E-state index in [1.165, 1.54) is 38.2 Å². The van der Waals surface area contributed by atoms with Gasteiger partial charge in [0.25, 0.3) is 0 Å². The average Bonchev–Trinajstić information content (AvgIpc) is 2.99. The average molecular weight is 329 g/mol. The Hall–Kier alpha value is -2.45. The van der Waals surface area contributed by atoms with Gasteiger partial charge in [-0.3, -0.25) is 0 Å². The van der Waals surface area contributed by atoms with Gasteiger partial charge in [-0.05, 0) is 24.1 Å². The number of benzene rings is 3. The Morgan fingerprint density at radius 2 is 1.62 bits per heavy atom. The van der Waals surface area contributed by atoms with E-state index < -0.39 is 0 Å². The van der Waals surface area contributed by atoms with Crippen LogP contribution >= 0.6 is 11.8 Å². The Morgan fingerprint density at radius 3 is 2.46 bits per heavy atom. The molecule has 4 aromatic rings. The van der Waals surface area contributed by atoms with Crippen molar-refractivity contribution in [3.63, 3.8) is 0 Å². The molecule has 0 radical (unpaired) electrons. The van der Waals surface area contributed by atoms with Gasteiger partial charge in [-0.2, -0.15) is 0 Å². The van der Waals surface area contributed by atoms with Gasteiger partial charge in [0.1, 0.15) is 0 Å². The molecule has 4 rings (SSSR count). The Morgan fingerprint density at radius 1 is 0.833 bits per heavy atom. The van der Waals surface area contributed by atoms with Gasteiger partial charge < -0.3 is 4.98 Å². The van der Waals surface area contributed by atoms with E-state index in [1.54, 1.807) is 0 Å². The van der Waals surface area contributed by atoms with Crippen molar-refractivity contribution in [3.8, 4) is 11.3 Å². The molecular formula is C22H19NS. The molecule has 118 valence electrons. The lowest BCUT2D eigenvalue weighted by Gasteiger charge is -2.06. The number of H-pyrrole nitrogens is 1. The van der Waals surface area contributed by atoms with E-state index in [-0.39, 0.29) is 0 Å². The second-order valence-corrected chi connectivity index (χ2v) is 7.00. The van der Waals surface area contributed by atoms with Crippen LogP contribution in [0.5, 0.6) is 0 Å². The second kappa shape index (κ2) is 6.58. The maximum absolute atomic E-state index is 3.61. The highest BCUT2D eigenvalue weighted by molar-refractivity contribution is 7.98. The zero-order valence-corrected chi connectivity index (χ0v) is 14.4.